The summed E-state index contributed by atoms with van der Waals surface area (Å²) in [6.45, 7) is 4.74. The van der Waals surface area contributed by atoms with Crippen molar-refractivity contribution in [3.63, 3.8) is 0 Å². The van der Waals surface area contributed by atoms with Crippen LogP contribution in [0.4, 0.5) is 17.1 Å². The summed E-state index contributed by atoms with van der Waals surface area (Å²) in [5, 5.41) is 4.89. The average molecular weight is 760 g/mol. The van der Waals surface area contributed by atoms with Crippen molar-refractivity contribution in [3.05, 3.63) is 199 Å². The highest BCUT2D eigenvalue weighted by atomic mass is 32.1. The molecule has 12 rings (SSSR count). The quantitative estimate of drug-likeness (QED) is 0.173. The van der Waals surface area contributed by atoms with Crippen LogP contribution in [0.15, 0.2) is 188 Å². The molecule has 10 aromatic rings. The normalized spacial score (nSPS) is 13.3. The molecule has 9 aromatic carbocycles. The molecule has 0 amide bonds. The van der Waals surface area contributed by atoms with Gasteiger partial charge >= 0.3 is 0 Å². The Morgan fingerprint density at radius 2 is 1.14 bits per heavy atom. The van der Waals surface area contributed by atoms with E-state index in [4.69, 9.17) is 4.74 Å². The van der Waals surface area contributed by atoms with Gasteiger partial charge in [0.05, 0.1) is 11.4 Å². The number of ether oxygens (including phenoxy) is 1. The molecule has 1 aliphatic carbocycles. The molecule has 58 heavy (non-hydrogen) atoms. The fraction of sp³-hybridized carbons (Fsp3) is 0.0545. The summed E-state index contributed by atoms with van der Waals surface area (Å²) in [6.07, 6.45) is 0. The number of nitrogens with zero attached hydrogens (tertiary/aromatic N) is 1. The number of rotatable bonds is 5. The number of thiophene rings is 1. The summed E-state index contributed by atoms with van der Waals surface area (Å²) < 4.78 is 9.53. The van der Waals surface area contributed by atoms with Crippen LogP contribution in [0.1, 0.15) is 25.0 Å². The summed E-state index contributed by atoms with van der Waals surface area (Å²) in [5.41, 5.74) is 15.6. The molecule has 1 aromatic heterocycles. The Balaban J connectivity index is 1.10. The van der Waals surface area contributed by atoms with E-state index in [9.17, 15) is 0 Å². The third kappa shape index (κ3) is 4.84. The van der Waals surface area contributed by atoms with Crippen LogP contribution in [-0.4, -0.2) is 0 Å². The first-order chi connectivity index (χ1) is 28.5. The maximum absolute atomic E-state index is 6.97. The Bertz CT molecular complexity index is 3290. The average Bonchev–Trinajstić information content (AvgIpc) is 3.77. The fourth-order valence-electron chi connectivity index (χ4n) is 9.76. The molecule has 0 saturated heterocycles. The zero-order valence-corrected chi connectivity index (χ0v) is 33.0. The summed E-state index contributed by atoms with van der Waals surface area (Å²) in [6, 6.07) is 68.7. The Labute approximate surface area is 341 Å². The highest BCUT2D eigenvalue weighted by Gasteiger charge is 2.38. The smallest absolute Gasteiger partial charge is 0.137 e. The first-order valence-electron chi connectivity index (χ1n) is 20.0. The van der Waals surface area contributed by atoms with Crippen LogP contribution in [0, 0.1) is 0 Å². The number of fused-ring (bicyclic) bond motifs is 8. The minimum absolute atomic E-state index is 0.178. The van der Waals surface area contributed by atoms with Crippen LogP contribution < -0.4 is 9.64 Å². The Morgan fingerprint density at radius 1 is 0.431 bits per heavy atom. The van der Waals surface area contributed by atoms with E-state index in [2.05, 4.69) is 207 Å². The maximum Gasteiger partial charge on any atom is 0.137 e. The lowest BCUT2D eigenvalue weighted by Gasteiger charge is -2.31. The molecule has 2 nitrogen and oxygen atoms in total. The predicted octanol–water partition coefficient (Wildman–Crippen LogP) is 16.1. The van der Waals surface area contributed by atoms with Gasteiger partial charge in [0.2, 0.25) is 0 Å². The van der Waals surface area contributed by atoms with Crippen molar-refractivity contribution < 1.29 is 4.74 Å². The van der Waals surface area contributed by atoms with Crippen LogP contribution >= 0.6 is 11.3 Å². The highest BCUT2D eigenvalue weighted by Crippen LogP contribution is 2.57. The summed E-state index contributed by atoms with van der Waals surface area (Å²) in [4.78, 5) is 2.50. The first kappa shape index (κ1) is 33.2. The minimum atomic E-state index is -0.178. The van der Waals surface area contributed by atoms with Crippen molar-refractivity contribution in [2.45, 2.75) is 19.3 Å². The SMILES string of the molecule is CC1(C)c2ccc(-c3ccccc3)cc2-c2c(N(c3ccc4c(c3)Oc3ccc(-c5ccccc5)c5cccc-4c35)c3cccc4sc5ccccc5c34)cccc21. The monoisotopic (exact) mass is 759 g/mol. The topological polar surface area (TPSA) is 12.5 Å². The van der Waals surface area contributed by atoms with Crippen LogP contribution in [0.25, 0.3) is 75.5 Å². The summed E-state index contributed by atoms with van der Waals surface area (Å²) >= 11 is 1.86. The van der Waals surface area contributed by atoms with Crippen molar-refractivity contribution in [2.24, 2.45) is 0 Å². The molecule has 2 aliphatic rings. The lowest BCUT2D eigenvalue weighted by atomic mass is 9.82. The van der Waals surface area contributed by atoms with Gasteiger partial charge in [0.15, 0.2) is 0 Å². The molecule has 1 aliphatic heterocycles. The third-order valence-electron chi connectivity index (χ3n) is 12.5. The molecule has 0 spiro atoms. The molecule has 3 heteroatoms. The lowest BCUT2D eigenvalue weighted by Crippen LogP contribution is -2.16. The molecule has 274 valence electrons. The van der Waals surface area contributed by atoms with Gasteiger partial charge < -0.3 is 9.64 Å². The van der Waals surface area contributed by atoms with Crippen molar-refractivity contribution in [1.82, 2.24) is 0 Å². The standard InChI is InChI=1S/C55H37NOS/c1-55(2)44-30-26-36(34-14-5-3-6-15-34)32-43(44)53-45(55)21-12-22-46(53)56(47-23-13-25-51-54(47)42-18-9-10-24-50(42)58-51)37-27-28-39-41-20-11-19-40-38(35-16-7-4-8-17-35)29-31-48(52(40)41)57-49(39)33-37/h3-33H,1-2H3. The van der Waals surface area contributed by atoms with E-state index in [1.54, 1.807) is 0 Å². The van der Waals surface area contributed by atoms with Crippen LogP contribution in [0.2, 0.25) is 0 Å². The van der Waals surface area contributed by atoms with Gasteiger partial charge in [0.25, 0.3) is 0 Å². The molecule has 2 heterocycles. The zero-order valence-electron chi connectivity index (χ0n) is 32.2. The second-order valence-electron chi connectivity index (χ2n) is 16.0. The largest absolute Gasteiger partial charge is 0.456 e. The Morgan fingerprint density at radius 3 is 2.00 bits per heavy atom. The molecule has 0 bridgehead atoms. The Kier molecular flexibility index (Phi) is 7.18. The fourth-order valence-corrected chi connectivity index (χ4v) is 10.9. The maximum atomic E-state index is 6.97. The van der Waals surface area contributed by atoms with Gasteiger partial charge in [-0.2, -0.15) is 0 Å². The molecule has 0 radical (unpaired) electrons. The summed E-state index contributed by atoms with van der Waals surface area (Å²) in [5.74, 6) is 1.74. The van der Waals surface area contributed by atoms with Gasteiger partial charge in [0.1, 0.15) is 11.5 Å². The number of anilines is 3. The van der Waals surface area contributed by atoms with E-state index >= 15 is 0 Å². The van der Waals surface area contributed by atoms with Crippen molar-refractivity contribution in [3.8, 4) is 56.0 Å². The second-order valence-corrected chi connectivity index (χ2v) is 17.1. The second kappa shape index (κ2) is 12.5. The van der Waals surface area contributed by atoms with Crippen LogP contribution in [0.3, 0.4) is 0 Å². The minimum Gasteiger partial charge on any atom is -0.456 e. The third-order valence-corrected chi connectivity index (χ3v) is 13.6. The molecule has 0 fully saturated rings. The van der Waals surface area contributed by atoms with Gasteiger partial charge in [0, 0.05) is 53.9 Å². The van der Waals surface area contributed by atoms with E-state index in [1.807, 2.05) is 11.3 Å². The Hall–Kier alpha value is -6.94. The van der Waals surface area contributed by atoms with Gasteiger partial charge in [-0.1, -0.05) is 147 Å². The molecule has 0 saturated carbocycles. The van der Waals surface area contributed by atoms with Gasteiger partial charge in [-0.15, -0.1) is 11.3 Å². The highest BCUT2D eigenvalue weighted by molar-refractivity contribution is 7.26. The molecular weight excluding hydrogens is 723 g/mol. The van der Waals surface area contributed by atoms with Crippen LogP contribution in [0.5, 0.6) is 11.5 Å². The van der Waals surface area contributed by atoms with Gasteiger partial charge in [-0.3, -0.25) is 0 Å². The molecule has 0 unspecified atom stereocenters. The van der Waals surface area contributed by atoms with E-state index in [0.29, 0.717) is 0 Å². The van der Waals surface area contributed by atoms with Gasteiger partial charge in [-0.05, 0) is 98.4 Å². The first-order valence-corrected chi connectivity index (χ1v) is 20.8. The number of benzene rings is 9. The van der Waals surface area contributed by atoms with E-state index < -0.39 is 0 Å². The van der Waals surface area contributed by atoms with E-state index in [-0.39, 0.29) is 5.41 Å². The van der Waals surface area contributed by atoms with Crippen molar-refractivity contribution in [2.75, 3.05) is 4.90 Å². The van der Waals surface area contributed by atoms with Crippen molar-refractivity contribution in [1.29, 1.82) is 0 Å². The van der Waals surface area contributed by atoms with E-state index in [1.165, 1.54) is 75.6 Å². The summed E-state index contributed by atoms with van der Waals surface area (Å²) in [7, 11) is 0. The predicted molar refractivity (Wildman–Crippen MR) is 245 cm³/mol. The number of hydrogen-bond acceptors (Lipinski definition) is 3. The van der Waals surface area contributed by atoms with Gasteiger partial charge in [-0.25, -0.2) is 0 Å². The zero-order chi connectivity index (χ0) is 38.5. The van der Waals surface area contributed by atoms with Crippen LogP contribution in [-0.2, 0) is 5.41 Å². The molecule has 0 N–H and O–H groups in total. The molecular formula is C55H37NOS. The van der Waals surface area contributed by atoms with Crippen molar-refractivity contribution >= 4 is 59.3 Å². The van der Waals surface area contributed by atoms with E-state index in [0.717, 1.165) is 39.5 Å². The molecule has 0 atom stereocenters. The number of hydrogen-bond donors (Lipinski definition) is 0. The lowest BCUT2D eigenvalue weighted by molar-refractivity contribution is 0.487.